The van der Waals surface area contributed by atoms with Crippen molar-refractivity contribution in [3.05, 3.63) is 83.5 Å². The SMILES string of the molecule is CC(C)Oc1ccc(S(=O)(=O)N2CCC(c3cn(CC(=O)O)c4cc(-c5cccc(Cl)c5)ccc34)C2)cc1. The Balaban J connectivity index is 1.44. The summed E-state index contributed by atoms with van der Waals surface area (Å²) >= 11 is 6.18. The largest absolute Gasteiger partial charge is 0.491 e. The summed E-state index contributed by atoms with van der Waals surface area (Å²) in [7, 11) is -3.67. The van der Waals surface area contributed by atoms with Crippen LogP contribution in [0.15, 0.2) is 77.8 Å². The first kappa shape index (κ1) is 26.3. The summed E-state index contributed by atoms with van der Waals surface area (Å²) in [5, 5.41) is 11.1. The molecule has 1 aliphatic rings. The van der Waals surface area contributed by atoms with Crippen molar-refractivity contribution >= 4 is 38.5 Å². The smallest absolute Gasteiger partial charge is 0.323 e. The standard InChI is InChI=1S/C29H29ClN2O5S/c1-19(2)37-24-7-9-25(10-8-24)38(35,36)32-13-12-22(16-32)27-17-31(18-29(33)34)28-15-21(6-11-26(27)28)20-4-3-5-23(30)14-20/h3-11,14-15,17,19,22H,12-13,16,18H2,1-2H3,(H,33,34). The Hall–Kier alpha value is -3.33. The fourth-order valence-electron chi connectivity index (χ4n) is 5.08. The first-order valence-electron chi connectivity index (χ1n) is 12.5. The molecule has 9 heteroatoms. The zero-order valence-electron chi connectivity index (χ0n) is 21.2. The molecule has 1 atom stereocenters. The molecule has 1 aromatic heterocycles. The van der Waals surface area contributed by atoms with E-state index in [1.807, 2.05) is 62.5 Å². The van der Waals surface area contributed by atoms with E-state index in [4.69, 9.17) is 16.3 Å². The van der Waals surface area contributed by atoms with Crippen LogP contribution >= 0.6 is 11.6 Å². The number of fused-ring (bicyclic) bond motifs is 1. The predicted octanol–water partition coefficient (Wildman–Crippen LogP) is 6.01. The summed E-state index contributed by atoms with van der Waals surface area (Å²) in [5.74, 6) is -0.369. The Bertz CT molecular complexity index is 1600. The van der Waals surface area contributed by atoms with Gasteiger partial charge in [-0.2, -0.15) is 4.31 Å². The number of hydrogen-bond donors (Lipinski definition) is 1. The highest BCUT2D eigenvalue weighted by molar-refractivity contribution is 7.89. The van der Waals surface area contributed by atoms with Crippen molar-refractivity contribution in [1.29, 1.82) is 0 Å². The minimum atomic E-state index is -3.67. The highest BCUT2D eigenvalue weighted by Crippen LogP contribution is 2.38. The Morgan fingerprint density at radius 1 is 1.08 bits per heavy atom. The van der Waals surface area contributed by atoms with E-state index in [2.05, 4.69) is 0 Å². The van der Waals surface area contributed by atoms with Crippen molar-refractivity contribution in [2.75, 3.05) is 13.1 Å². The molecule has 0 spiro atoms. The maximum Gasteiger partial charge on any atom is 0.323 e. The fraction of sp³-hybridized carbons (Fsp3) is 0.276. The zero-order chi connectivity index (χ0) is 27.0. The maximum absolute atomic E-state index is 13.4. The van der Waals surface area contributed by atoms with Crippen molar-refractivity contribution in [2.45, 2.75) is 43.7 Å². The molecule has 0 amide bonds. The Morgan fingerprint density at radius 2 is 1.82 bits per heavy atom. The molecule has 3 aromatic carbocycles. The lowest BCUT2D eigenvalue weighted by atomic mass is 9.96. The highest BCUT2D eigenvalue weighted by atomic mass is 35.5. The average molecular weight is 553 g/mol. The molecule has 1 unspecified atom stereocenters. The van der Waals surface area contributed by atoms with Gasteiger partial charge in [-0.1, -0.05) is 35.9 Å². The molecular formula is C29H29ClN2O5S. The summed E-state index contributed by atoms with van der Waals surface area (Å²) < 4.78 is 35.6. The van der Waals surface area contributed by atoms with Crippen molar-refractivity contribution in [3.63, 3.8) is 0 Å². The lowest BCUT2D eigenvalue weighted by Gasteiger charge is -2.17. The third kappa shape index (κ3) is 5.29. The molecule has 0 radical (unpaired) electrons. The maximum atomic E-state index is 13.4. The van der Waals surface area contributed by atoms with Gasteiger partial charge in [0, 0.05) is 41.1 Å². The predicted molar refractivity (Wildman–Crippen MR) is 148 cm³/mol. The van der Waals surface area contributed by atoms with E-state index in [1.54, 1.807) is 28.8 Å². The zero-order valence-corrected chi connectivity index (χ0v) is 22.7. The van der Waals surface area contributed by atoms with Gasteiger partial charge in [-0.05, 0) is 79.4 Å². The summed E-state index contributed by atoms with van der Waals surface area (Å²) in [5.41, 5.74) is 3.61. The third-order valence-corrected chi connectivity index (χ3v) is 8.92. The van der Waals surface area contributed by atoms with Gasteiger partial charge in [0.25, 0.3) is 0 Å². The number of ether oxygens (including phenoxy) is 1. The fourth-order valence-corrected chi connectivity index (χ4v) is 6.77. The van der Waals surface area contributed by atoms with Crippen LogP contribution in [0.1, 0.15) is 31.7 Å². The number of carbonyl (C=O) groups is 1. The Kier molecular flexibility index (Phi) is 7.22. The minimum absolute atomic E-state index is 0.00151. The van der Waals surface area contributed by atoms with Crippen LogP contribution in [0.2, 0.25) is 5.02 Å². The molecule has 38 heavy (non-hydrogen) atoms. The van der Waals surface area contributed by atoms with E-state index >= 15 is 0 Å². The molecule has 198 valence electrons. The van der Waals surface area contributed by atoms with Crippen LogP contribution in [0.25, 0.3) is 22.0 Å². The summed E-state index contributed by atoms with van der Waals surface area (Å²) in [4.78, 5) is 11.9. The number of hydrogen-bond acceptors (Lipinski definition) is 4. The highest BCUT2D eigenvalue weighted by Gasteiger charge is 2.34. The second-order valence-electron chi connectivity index (χ2n) is 9.84. The van der Waals surface area contributed by atoms with Gasteiger partial charge >= 0.3 is 5.97 Å². The molecule has 7 nitrogen and oxygen atoms in total. The van der Waals surface area contributed by atoms with Crippen LogP contribution in [-0.2, 0) is 21.4 Å². The number of nitrogens with zero attached hydrogens (tertiary/aromatic N) is 2. The Morgan fingerprint density at radius 3 is 2.50 bits per heavy atom. The molecule has 0 aliphatic carbocycles. The minimum Gasteiger partial charge on any atom is -0.491 e. The quantitative estimate of drug-likeness (QED) is 0.289. The number of aromatic nitrogens is 1. The van der Waals surface area contributed by atoms with Crippen LogP contribution in [0.4, 0.5) is 0 Å². The summed E-state index contributed by atoms with van der Waals surface area (Å²) in [6.45, 7) is 4.37. The third-order valence-electron chi connectivity index (χ3n) is 6.80. The van der Waals surface area contributed by atoms with Crippen LogP contribution in [-0.4, -0.2) is 47.6 Å². The first-order valence-corrected chi connectivity index (χ1v) is 14.3. The average Bonchev–Trinajstić information content (AvgIpc) is 3.49. The van der Waals surface area contributed by atoms with Gasteiger partial charge in [-0.15, -0.1) is 0 Å². The number of carboxylic acids is 1. The molecule has 1 saturated heterocycles. The normalized spacial score (nSPS) is 16.4. The van der Waals surface area contributed by atoms with E-state index in [1.165, 1.54) is 4.31 Å². The van der Waals surface area contributed by atoms with E-state index in [9.17, 15) is 18.3 Å². The van der Waals surface area contributed by atoms with Gasteiger partial charge in [-0.25, -0.2) is 8.42 Å². The lowest BCUT2D eigenvalue weighted by molar-refractivity contribution is -0.137. The number of benzene rings is 3. The van der Waals surface area contributed by atoms with Crippen molar-refractivity contribution < 1.29 is 23.1 Å². The van der Waals surface area contributed by atoms with Crippen molar-refractivity contribution in [2.24, 2.45) is 0 Å². The molecule has 1 aliphatic heterocycles. The van der Waals surface area contributed by atoms with Gasteiger partial charge in [0.1, 0.15) is 12.3 Å². The van der Waals surface area contributed by atoms with Crippen molar-refractivity contribution in [1.82, 2.24) is 8.87 Å². The first-order chi connectivity index (χ1) is 18.1. The van der Waals surface area contributed by atoms with Gasteiger partial charge in [0.15, 0.2) is 0 Å². The summed E-state index contributed by atoms with van der Waals surface area (Å²) in [6, 6.07) is 20.0. The van der Waals surface area contributed by atoms with Crippen LogP contribution in [0, 0.1) is 0 Å². The lowest BCUT2D eigenvalue weighted by Crippen LogP contribution is -2.28. The van der Waals surface area contributed by atoms with E-state index in [-0.39, 0.29) is 23.5 Å². The van der Waals surface area contributed by atoms with Crippen LogP contribution in [0.5, 0.6) is 5.75 Å². The molecule has 1 fully saturated rings. The molecular weight excluding hydrogens is 524 g/mol. The van der Waals surface area contributed by atoms with Crippen LogP contribution < -0.4 is 4.74 Å². The molecule has 5 rings (SSSR count). The molecule has 4 aromatic rings. The van der Waals surface area contributed by atoms with E-state index in [0.29, 0.717) is 30.3 Å². The van der Waals surface area contributed by atoms with Gasteiger partial charge in [0.05, 0.1) is 11.0 Å². The van der Waals surface area contributed by atoms with Gasteiger partial charge < -0.3 is 14.4 Å². The number of halogens is 1. The molecule has 0 bridgehead atoms. The monoisotopic (exact) mass is 552 g/mol. The van der Waals surface area contributed by atoms with Gasteiger partial charge in [0.2, 0.25) is 10.0 Å². The number of carboxylic acid groups (broad SMARTS) is 1. The molecule has 2 heterocycles. The Labute approximate surface area is 227 Å². The number of rotatable bonds is 8. The number of aliphatic carboxylic acids is 1. The van der Waals surface area contributed by atoms with E-state index < -0.39 is 16.0 Å². The second kappa shape index (κ2) is 10.4. The molecule has 1 N–H and O–H groups in total. The summed E-state index contributed by atoms with van der Waals surface area (Å²) in [6.07, 6.45) is 2.51. The van der Waals surface area contributed by atoms with Crippen molar-refractivity contribution in [3.8, 4) is 16.9 Å². The second-order valence-corrected chi connectivity index (χ2v) is 12.2. The topological polar surface area (TPSA) is 88.8 Å². The molecule has 0 saturated carbocycles. The van der Waals surface area contributed by atoms with Crippen LogP contribution in [0.3, 0.4) is 0 Å². The van der Waals surface area contributed by atoms with Gasteiger partial charge in [-0.3, -0.25) is 4.79 Å². The van der Waals surface area contributed by atoms with E-state index in [0.717, 1.165) is 27.6 Å². The number of sulfonamides is 1.